The van der Waals surface area contributed by atoms with Gasteiger partial charge in [0, 0.05) is 12.6 Å². The highest BCUT2D eigenvalue weighted by molar-refractivity contribution is 5.94. The van der Waals surface area contributed by atoms with Crippen molar-refractivity contribution < 1.29 is 14.6 Å². The molecule has 31 heavy (non-hydrogen) atoms. The molecular weight excluding hydrogens is 390 g/mol. The van der Waals surface area contributed by atoms with Crippen LogP contribution in [0.3, 0.4) is 0 Å². The van der Waals surface area contributed by atoms with Crippen LogP contribution in [0, 0.1) is 18.8 Å². The van der Waals surface area contributed by atoms with Crippen LogP contribution in [0.4, 0.5) is 11.4 Å². The molecule has 1 heterocycles. The highest BCUT2D eigenvalue weighted by Gasteiger charge is 2.25. The quantitative estimate of drug-likeness (QED) is 0.564. The molecule has 6 heteroatoms. The molecule has 1 saturated carbocycles. The summed E-state index contributed by atoms with van der Waals surface area (Å²) in [6.07, 6.45) is 14.5. The van der Waals surface area contributed by atoms with Crippen molar-refractivity contribution >= 4 is 23.4 Å². The summed E-state index contributed by atoms with van der Waals surface area (Å²) in [5.41, 5.74) is 3.15. The molecule has 0 radical (unpaired) electrons. The van der Waals surface area contributed by atoms with Crippen molar-refractivity contribution in [3.8, 4) is 12.8 Å². The second-order valence-corrected chi connectivity index (χ2v) is 8.77. The number of nitrogens with one attached hydrogen (secondary N) is 1. The van der Waals surface area contributed by atoms with E-state index in [1.165, 1.54) is 32.1 Å². The Bertz CT molecular complexity index is 767. The molecule has 170 valence electrons. The number of carboxylic acids is 1. The molecule has 1 atom stereocenters. The minimum Gasteiger partial charge on any atom is -0.481 e. The molecule has 0 spiro atoms. The minimum absolute atomic E-state index is 0.0539. The average molecular weight is 428 g/mol. The van der Waals surface area contributed by atoms with Crippen LogP contribution in [0.2, 0.25) is 0 Å². The SMILES string of the molecule is C#C.CC(C)CN(c1ccc(C(C)CC(=O)O)cc1NC1=NCCO1)C1CCCCC1. The first-order valence-corrected chi connectivity index (χ1v) is 11.3. The van der Waals surface area contributed by atoms with Gasteiger partial charge >= 0.3 is 5.97 Å². The fraction of sp³-hybridized carbons (Fsp3) is 0.600. The van der Waals surface area contributed by atoms with Crippen LogP contribution in [0.15, 0.2) is 23.2 Å². The Kier molecular flexibility index (Phi) is 9.71. The second kappa shape index (κ2) is 12.2. The number of anilines is 2. The fourth-order valence-electron chi connectivity index (χ4n) is 4.35. The largest absolute Gasteiger partial charge is 0.481 e. The Balaban J connectivity index is 0.00000166. The number of carboxylic acid groups (broad SMARTS) is 1. The van der Waals surface area contributed by atoms with Crippen molar-refractivity contribution in [2.45, 2.75) is 71.3 Å². The molecule has 1 aromatic carbocycles. The molecule has 0 aromatic heterocycles. The summed E-state index contributed by atoms with van der Waals surface area (Å²) in [5, 5.41) is 12.6. The van der Waals surface area contributed by atoms with E-state index < -0.39 is 5.97 Å². The van der Waals surface area contributed by atoms with E-state index in [0.717, 1.165) is 23.5 Å². The molecule has 1 unspecified atom stereocenters. The zero-order valence-corrected chi connectivity index (χ0v) is 19.1. The van der Waals surface area contributed by atoms with Crippen molar-refractivity contribution in [3.63, 3.8) is 0 Å². The molecule has 6 nitrogen and oxygen atoms in total. The minimum atomic E-state index is -0.775. The lowest BCUT2D eigenvalue weighted by Gasteiger charge is -2.38. The third-order valence-corrected chi connectivity index (χ3v) is 5.78. The van der Waals surface area contributed by atoms with Crippen molar-refractivity contribution in [2.24, 2.45) is 10.9 Å². The van der Waals surface area contributed by atoms with Gasteiger partial charge < -0.3 is 20.1 Å². The van der Waals surface area contributed by atoms with Gasteiger partial charge in [-0.05, 0) is 42.4 Å². The van der Waals surface area contributed by atoms with Gasteiger partial charge in [-0.25, -0.2) is 4.99 Å². The van der Waals surface area contributed by atoms with Crippen LogP contribution < -0.4 is 10.2 Å². The van der Waals surface area contributed by atoms with E-state index in [1.54, 1.807) is 0 Å². The summed E-state index contributed by atoms with van der Waals surface area (Å²) in [7, 11) is 0. The van der Waals surface area contributed by atoms with Gasteiger partial charge in [0.1, 0.15) is 6.61 Å². The summed E-state index contributed by atoms with van der Waals surface area (Å²) in [6.45, 7) is 8.75. The molecular formula is C25H37N3O3. The number of hydrogen-bond donors (Lipinski definition) is 2. The normalized spacial score (nSPS) is 17.2. The van der Waals surface area contributed by atoms with E-state index in [2.05, 4.69) is 60.1 Å². The van der Waals surface area contributed by atoms with Gasteiger partial charge in [-0.2, -0.15) is 0 Å². The Morgan fingerprint density at radius 3 is 2.55 bits per heavy atom. The van der Waals surface area contributed by atoms with Crippen LogP contribution in [-0.2, 0) is 9.53 Å². The van der Waals surface area contributed by atoms with E-state index in [-0.39, 0.29) is 12.3 Å². The van der Waals surface area contributed by atoms with Gasteiger partial charge in [-0.15, -0.1) is 12.8 Å². The van der Waals surface area contributed by atoms with Gasteiger partial charge in [-0.1, -0.05) is 46.1 Å². The van der Waals surface area contributed by atoms with E-state index in [4.69, 9.17) is 4.74 Å². The molecule has 1 fully saturated rings. The molecule has 3 rings (SSSR count). The predicted molar refractivity (Wildman–Crippen MR) is 128 cm³/mol. The number of aliphatic carboxylic acids is 1. The molecule has 2 aliphatic rings. The fourth-order valence-corrected chi connectivity index (χ4v) is 4.35. The van der Waals surface area contributed by atoms with E-state index >= 15 is 0 Å². The van der Waals surface area contributed by atoms with Crippen molar-refractivity contribution in [1.82, 2.24) is 0 Å². The summed E-state index contributed by atoms with van der Waals surface area (Å²) in [5.74, 6) is -0.277. The molecule has 0 amide bonds. The Labute approximate surface area is 187 Å². The van der Waals surface area contributed by atoms with Crippen LogP contribution in [0.1, 0.15) is 70.8 Å². The number of terminal acetylenes is 1. The lowest BCUT2D eigenvalue weighted by Crippen LogP contribution is -2.40. The summed E-state index contributed by atoms with van der Waals surface area (Å²) >= 11 is 0. The summed E-state index contributed by atoms with van der Waals surface area (Å²) in [6, 6.07) is 7.43. The van der Waals surface area contributed by atoms with Crippen LogP contribution in [0.5, 0.6) is 0 Å². The zero-order valence-electron chi connectivity index (χ0n) is 19.1. The molecule has 0 bridgehead atoms. The standard InChI is InChI=1S/C23H35N3O3.C2H2/c1-16(2)15-26(19-7-5-4-6-8-19)21-10-9-18(17(3)13-22(27)28)14-20(21)25-23-24-11-12-29-23;1-2/h9-10,14,16-17,19H,4-8,11-13,15H2,1-3H3,(H,24,25)(H,27,28);1-2H. The number of ether oxygens (including phenoxy) is 1. The molecule has 2 N–H and O–H groups in total. The average Bonchev–Trinajstić information content (AvgIpc) is 3.27. The molecule has 0 saturated heterocycles. The zero-order chi connectivity index (χ0) is 22.8. The van der Waals surface area contributed by atoms with Gasteiger partial charge in [0.25, 0.3) is 6.02 Å². The van der Waals surface area contributed by atoms with Crippen LogP contribution in [-0.4, -0.2) is 42.8 Å². The van der Waals surface area contributed by atoms with Crippen molar-refractivity contribution in [1.29, 1.82) is 0 Å². The maximum Gasteiger partial charge on any atom is 0.303 e. The maximum absolute atomic E-state index is 11.2. The van der Waals surface area contributed by atoms with Crippen molar-refractivity contribution in [2.75, 3.05) is 29.9 Å². The third-order valence-electron chi connectivity index (χ3n) is 5.78. The number of nitrogens with zero attached hydrogens (tertiary/aromatic N) is 2. The Hall–Kier alpha value is -2.68. The van der Waals surface area contributed by atoms with Gasteiger partial charge in [0.05, 0.1) is 24.3 Å². The number of aliphatic imine (C=N–C) groups is 1. The van der Waals surface area contributed by atoms with Crippen molar-refractivity contribution in [3.05, 3.63) is 23.8 Å². The van der Waals surface area contributed by atoms with E-state index in [0.29, 0.717) is 31.1 Å². The number of hydrogen-bond acceptors (Lipinski definition) is 5. The third kappa shape index (κ3) is 7.20. The molecule has 1 aliphatic carbocycles. The number of benzene rings is 1. The first-order chi connectivity index (χ1) is 14.9. The second-order valence-electron chi connectivity index (χ2n) is 8.77. The number of amidine groups is 1. The summed E-state index contributed by atoms with van der Waals surface area (Å²) in [4.78, 5) is 18.1. The maximum atomic E-state index is 11.2. The monoisotopic (exact) mass is 427 g/mol. The Morgan fingerprint density at radius 2 is 1.97 bits per heavy atom. The van der Waals surface area contributed by atoms with Crippen LogP contribution in [0.25, 0.3) is 0 Å². The first-order valence-electron chi connectivity index (χ1n) is 11.3. The van der Waals surface area contributed by atoms with E-state index in [9.17, 15) is 9.90 Å². The number of carbonyl (C=O) groups is 1. The van der Waals surface area contributed by atoms with Crippen LogP contribution >= 0.6 is 0 Å². The first kappa shape index (κ1) is 24.6. The highest BCUT2D eigenvalue weighted by Crippen LogP contribution is 2.36. The smallest absolute Gasteiger partial charge is 0.303 e. The summed E-state index contributed by atoms with van der Waals surface area (Å²) < 4.78 is 5.61. The lowest BCUT2D eigenvalue weighted by atomic mass is 9.92. The number of rotatable bonds is 8. The van der Waals surface area contributed by atoms with Gasteiger partial charge in [0.2, 0.25) is 0 Å². The Morgan fingerprint density at radius 1 is 1.26 bits per heavy atom. The molecule has 1 aliphatic heterocycles. The van der Waals surface area contributed by atoms with Gasteiger partial charge in [-0.3, -0.25) is 4.79 Å². The van der Waals surface area contributed by atoms with E-state index in [1.807, 2.05) is 6.92 Å². The lowest BCUT2D eigenvalue weighted by molar-refractivity contribution is -0.137. The molecule has 1 aromatic rings. The topological polar surface area (TPSA) is 74.2 Å². The van der Waals surface area contributed by atoms with Gasteiger partial charge in [0.15, 0.2) is 0 Å². The highest BCUT2D eigenvalue weighted by atomic mass is 16.5. The predicted octanol–water partition coefficient (Wildman–Crippen LogP) is 5.11.